The van der Waals surface area contributed by atoms with Gasteiger partial charge in [-0.05, 0) is 54.1 Å². The third-order valence-electron chi connectivity index (χ3n) is 4.36. The van der Waals surface area contributed by atoms with Gasteiger partial charge in [-0.25, -0.2) is 12.8 Å². The highest BCUT2D eigenvalue weighted by molar-refractivity contribution is 7.92. The number of benzene rings is 3. The van der Waals surface area contributed by atoms with Crippen molar-refractivity contribution >= 4 is 21.6 Å². The summed E-state index contributed by atoms with van der Waals surface area (Å²) in [5.74, 6) is -0.366. The number of carbonyl (C=O) groups is 1. The molecule has 0 saturated carbocycles. The molecule has 0 spiro atoms. The van der Waals surface area contributed by atoms with E-state index in [0.29, 0.717) is 11.4 Å². The molecule has 0 unspecified atom stereocenters. The van der Waals surface area contributed by atoms with Crippen LogP contribution < -0.4 is 14.4 Å². The molecule has 0 aromatic heterocycles. The first-order valence-electron chi connectivity index (χ1n) is 9.13. The van der Waals surface area contributed by atoms with Gasteiger partial charge in [-0.3, -0.25) is 9.10 Å². The molecule has 0 aliphatic heterocycles. The van der Waals surface area contributed by atoms with Crippen LogP contribution in [0.25, 0.3) is 0 Å². The van der Waals surface area contributed by atoms with E-state index >= 15 is 0 Å². The number of nitrogens with one attached hydrogen (secondary N) is 1. The van der Waals surface area contributed by atoms with Crippen molar-refractivity contribution in [2.24, 2.45) is 0 Å². The Hall–Kier alpha value is -3.39. The summed E-state index contributed by atoms with van der Waals surface area (Å²) < 4.78 is 45.7. The predicted octanol–water partition coefficient (Wildman–Crippen LogP) is 3.35. The Morgan fingerprint density at radius 3 is 2.37 bits per heavy atom. The van der Waals surface area contributed by atoms with Crippen molar-refractivity contribution in [1.82, 2.24) is 5.32 Å². The molecular formula is C22H21FN2O4S. The number of carbonyl (C=O) groups excluding carboxylic acids is 1. The highest BCUT2D eigenvalue weighted by Gasteiger charge is 2.27. The fraction of sp³-hybridized carbons (Fsp3) is 0.136. The second kappa shape index (κ2) is 9.41. The lowest BCUT2D eigenvalue weighted by Crippen LogP contribution is -2.40. The smallest absolute Gasteiger partial charge is 0.264 e. The standard InChI is InChI=1S/C22H21FN2O4S/c1-29-20-9-5-6-17(14-20)15-24-22(26)16-25(19-7-3-2-4-8-19)30(27,28)21-12-10-18(23)11-13-21/h2-14H,15-16H2,1H3,(H,24,26). The van der Waals surface area contributed by atoms with Crippen molar-refractivity contribution in [2.75, 3.05) is 18.0 Å². The summed E-state index contributed by atoms with van der Waals surface area (Å²) in [6.45, 7) is -0.205. The van der Waals surface area contributed by atoms with Gasteiger partial charge in [-0.1, -0.05) is 30.3 Å². The van der Waals surface area contributed by atoms with Gasteiger partial charge in [0.05, 0.1) is 17.7 Å². The number of rotatable bonds is 8. The zero-order valence-corrected chi connectivity index (χ0v) is 17.1. The van der Waals surface area contributed by atoms with Crippen molar-refractivity contribution in [3.05, 3.63) is 90.2 Å². The zero-order chi connectivity index (χ0) is 21.6. The maximum Gasteiger partial charge on any atom is 0.264 e. The maximum absolute atomic E-state index is 13.2. The molecule has 0 heterocycles. The van der Waals surface area contributed by atoms with Crippen molar-refractivity contribution in [2.45, 2.75) is 11.4 Å². The molecular weight excluding hydrogens is 407 g/mol. The molecule has 1 N–H and O–H groups in total. The average molecular weight is 428 g/mol. The van der Waals surface area contributed by atoms with Gasteiger partial charge in [0.25, 0.3) is 10.0 Å². The number of methoxy groups -OCH3 is 1. The molecule has 3 aromatic rings. The third-order valence-corrected chi connectivity index (χ3v) is 6.14. The quantitative estimate of drug-likeness (QED) is 0.597. The second-order valence-corrected chi connectivity index (χ2v) is 8.29. The van der Waals surface area contributed by atoms with E-state index in [1.54, 1.807) is 55.6 Å². The second-order valence-electron chi connectivity index (χ2n) is 6.43. The first-order valence-corrected chi connectivity index (χ1v) is 10.6. The first kappa shape index (κ1) is 21.3. The van der Waals surface area contributed by atoms with E-state index in [1.807, 2.05) is 6.07 Å². The Kier molecular flexibility index (Phi) is 6.68. The highest BCUT2D eigenvalue weighted by atomic mass is 32.2. The van der Waals surface area contributed by atoms with Crippen LogP contribution in [-0.4, -0.2) is 28.0 Å². The Morgan fingerprint density at radius 1 is 1.00 bits per heavy atom. The summed E-state index contributed by atoms with van der Waals surface area (Å²) in [5, 5.41) is 2.72. The van der Waals surface area contributed by atoms with Gasteiger partial charge in [0.1, 0.15) is 18.1 Å². The van der Waals surface area contributed by atoms with E-state index in [-0.39, 0.29) is 11.4 Å². The summed E-state index contributed by atoms with van der Waals surface area (Å²) in [7, 11) is -2.52. The molecule has 0 aliphatic carbocycles. The van der Waals surface area contributed by atoms with E-state index in [9.17, 15) is 17.6 Å². The first-order chi connectivity index (χ1) is 14.4. The zero-order valence-electron chi connectivity index (χ0n) is 16.3. The number of amides is 1. The molecule has 0 saturated heterocycles. The maximum atomic E-state index is 13.2. The number of ether oxygens (including phenoxy) is 1. The Labute approximate surface area is 175 Å². The molecule has 6 nitrogen and oxygen atoms in total. The lowest BCUT2D eigenvalue weighted by Gasteiger charge is -2.24. The van der Waals surface area contributed by atoms with Crippen LogP contribution in [0.5, 0.6) is 5.75 Å². The topological polar surface area (TPSA) is 75.7 Å². The van der Waals surface area contributed by atoms with Crippen LogP contribution in [0.3, 0.4) is 0 Å². The van der Waals surface area contributed by atoms with Crippen molar-refractivity contribution in [3.63, 3.8) is 0 Å². The number of halogens is 1. The highest BCUT2D eigenvalue weighted by Crippen LogP contribution is 2.23. The summed E-state index contributed by atoms with van der Waals surface area (Å²) in [4.78, 5) is 12.5. The van der Waals surface area contributed by atoms with Gasteiger partial charge in [0.15, 0.2) is 0 Å². The van der Waals surface area contributed by atoms with Crippen LogP contribution in [0, 0.1) is 5.82 Å². The molecule has 0 fully saturated rings. The molecule has 0 bridgehead atoms. The fourth-order valence-corrected chi connectivity index (χ4v) is 4.23. The van der Waals surface area contributed by atoms with Gasteiger partial charge >= 0.3 is 0 Å². The van der Waals surface area contributed by atoms with Crippen LogP contribution in [0.15, 0.2) is 83.8 Å². The van der Waals surface area contributed by atoms with Gasteiger partial charge in [0.2, 0.25) is 5.91 Å². The number of anilines is 1. The lowest BCUT2D eigenvalue weighted by atomic mass is 10.2. The molecule has 0 atom stereocenters. The Morgan fingerprint density at radius 2 is 1.70 bits per heavy atom. The van der Waals surface area contributed by atoms with Gasteiger partial charge in [0, 0.05) is 6.54 Å². The van der Waals surface area contributed by atoms with E-state index < -0.39 is 28.3 Å². The molecule has 0 radical (unpaired) electrons. The van der Waals surface area contributed by atoms with E-state index in [2.05, 4.69) is 5.32 Å². The van der Waals surface area contributed by atoms with Crippen LogP contribution in [0.1, 0.15) is 5.56 Å². The normalized spacial score (nSPS) is 11.0. The van der Waals surface area contributed by atoms with E-state index in [4.69, 9.17) is 4.74 Å². The minimum absolute atomic E-state index is 0.103. The minimum Gasteiger partial charge on any atom is -0.497 e. The third kappa shape index (κ3) is 5.15. The number of sulfonamides is 1. The summed E-state index contributed by atoms with van der Waals surface area (Å²) in [6, 6.07) is 20.0. The molecule has 1 amide bonds. The van der Waals surface area contributed by atoms with Gasteiger partial charge in [-0.15, -0.1) is 0 Å². The van der Waals surface area contributed by atoms with Gasteiger partial charge in [-0.2, -0.15) is 0 Å². The summed E-state index contributed by atoms with van der Waals surface area (Å²) in [5.41, 5.74) is 1.15. The molecule has 3 rings (SSSR count). The Bertz CT molecular complexity index is 1100. The minimum atomic E-state index is -4.07. The van der Waals surface area contributed by atoms with Crippen LogP contribution in [0.2, 0.25) is 0 Å². The largest absolute Gasteiger partial charge is 0.497 e. The lowest BCUT2D eigenvalue weighted by molar-refractivity contribution is -0.119. The Balaban J connectivity index is 1.81. The number of nitrogens with zero attached hydrogens (tertiary/aromatic N) is 1. The van der Waals surface area contributed by atoms with Crippen LogP contribution in [-0.2, 0) is 21.4 Å². The summed E-state index contributed by atoms with van der Waals surface area (Å²) in [6.07, 6.45) is 0. The SMILES string of the molecule is COc1cccc(CNC(=O)CN(c2ccccc2)S(=O)(=O)c2ccc(F)cc2)c1. The number of hydrogen-bond acceptors (Lipinski definition) is 4. The number of para-hydroxylation sites is 1. The molecule has 8 heteroatoms. The molecule has 3 aromatic carbocycles. The fourth-order valence-electron chi connectivity index (χ4n) is 2.81. The van der Waals surface area contributed by atoms with Gasteiger partial charge < -0.3 is 10.1 Å². The van der Waals surface area contributed by atoms with E-state index in [1.165, 1.54) is 12.1 Å². The molecule has 0 aliphatic rings. The van der Waals surface area contributed by atoms with Crippen molar-refractivity contribution in [1.29, 1.82) is 0 Å². The molecule has 30 heavy (non-hydrogen) atoms. The van der Waals surface area contributed by atoms with Crippen molar-refractivity contribution in [3.8, 4) is 5.75 Å². The summed E-state index contributed by atoms with van der Waals surface area (Å²) >= 11 is 0. The van der Waals surface area contributed by atoms with Crippen LogP contribution >= 0.6 is 0 Å². The molecule has 156 valence electrons. The monoisotopic (exact) mass is 428 g/mol. The van der Waals surface area contributed by atoms with Crippen molar-refractivity contribution < 1.29 is 22.3 Å². The predicted molar refractivity (Wildman–Crippen MR) is 112 cm³/mol. The van der Waals surface area contributed by atoms with E-state index in [0.717, 1.165) is 22.0 Å². The number of hydrogen-bond donors (Lipinski definition) is 1. The van der Waals surface area contributed by atoms with Crippen LogP contribution in [0.4, 0.5) is 10.1 Å². The average Bonchev–Trinajstić information content (AvgIpc) is 2.77.